The van der Waals surface area contributed by atoms with Gasteiger partial charge in [0.05, 0.1) is 5.75 Å². The molecule has 1 aromatic heterocycles. The summed E-state index contributed by atoms with van der Waals surface area (Å²) in [6.45, 7) is 6.75. The summed E-state index contributed by atoms with van der Waals surface area (Å²) in [5, 5.41) is 4.12. The Labute approximate surface area is 203 Å². The zero-order valence-electron chi connectivity index (χ0n) is 20.2. The van der Waals surface area contributed by atoms with E-state index in [0.29, 0.717) is 37.4 Å². The summed E-state index contributed by atoms with van der Waals surface area (Å²) in [5.41, 5.74) is 2.33. The maximum Gasteiger partial charge on any atom is 0.244 e. The highest BCUT2D eigenvalue weighted by Gasteiger charge is 2.25. The van der Waals surface area contributed by atoms with Gasteiger partial charge in [-0.3, -0.25) is 0 Å². The van der Waals surface area contributed by atoms with Gasteiger partial charge < -0.3 is 9.42 Å². The van der Waals surface area contributed by atoms with Crippen LogP contribution >= 0.6 is 0 Å². The van der Waals surface area contributed by atoms with Crippen LogP contribution in [0.15, 0.2) is 65.2 Å². The minimum atomic E-state index is -3.50. The zero-order chi connectivity index (χ0) is 24.2. The molecule has 7 nitrogen and oxygen atoms in total. The summed E-state index contributed by atoms with van der Waals surface area (Å²) in [6, 6.07) is 19.6. The van der Waals surface area contributed by atoms with Crippen LogP contribution in [0.5, 0.6) is 0 Å². The number of hydrogen-bond donors (Lipinski definition) is 1. The zero-order valence-corrected chi connectivity index (χ0v) is 21.0. The maximum atomic E-state index is 12.9. The summed E-state index contributed by atoms with van der Waals surface area (Å²) < 4.78 is 34.1. The topological polar surface area (TPSA) is 88.3 Å². The molecule has 0 radical (unpaired) electrons. The van der Waals surface area contributed by atoms with Crippen LogP contribution in [0.1, 0.15) is 55.6 Å². The molecule has 34 heavy (non-hydrogen) atoms. The summed E-state index contributed by atoms with van der Waals surface area (Å²) in [6.07, 6.45) is 3.25. The minimum absolute atomic E-state index is 0.0698. The first-order valence-electron chi connectivity index (χ1n) is 12.1. The molecule has 0 saturated carbocycles. The molecule has 0 unspecified atom stereocenters. The van der Waals surface area contributed by atoms with Gasteiger partial charge in [0.15, 0.2) is 5.82 Å². The molecule has 3 aromatic rings. The number of nitrogens with one attached hydrogen (secondary N) is 1. The van der Waals surface area contributed by atoms with Crippen molar-refractivity contribution in [3.8, 4) is 0 Å². The van der Waals surface area contributed by atoms with Crippen molar-refractivity contribution in [3.05, 3.63) is 83.5 Å². The average Bonchev–Trinajstić information content (AvgIpc) is 3.33. The van der Waals surface area contributed by atoms with Crippen molar-refractivity contribution in [3.63, 3.8) is 0 Å². The van der Waals surface area contributed by atoms with Gasteiger partial charge in [0, 0.05) is 6.42 Å². The molecule has 0 aliphatic rings. The van der Waals surface area contributed by atoms with E-state index in [4.69, 9.17) is 4.52 Å². The van der Waals surface area contributed by atoms with Gasteiger partial charge in [-0.25, -0.2) is 13.1 Å². The lowest BCUT2D eigenvalue weighted by atomic mass is 10.1. The van der Waals surface area contributed by atoms with Crippen molar-refractivity contribution in [2.24, 2.45) is 0 Å². The summed E-state index contributed by atoms with van der Waals surface area (Å²) in [4.78, 5) is 6.77. The number of nitrogens with zero attached hydrogens (tertiary/aromatic N) is 3. The van der Waals surface area contributed by atoms with E-state index in [0.717, 1.165) is 31.6 Å². The number of hydrogen-bond acceptors (Lipinski definition) is 6. The molecule has 0 bridgehead atoms. The highest BCUT2D eigenvalue weighted by atomic mass is 32.2. The van der Waals surface area contributed by atoms with Crippen LogP contribution in [0.25, 0.3) is 0 Å². The van der Waals surface area contributed by atoms with Crippen molar-refractivity contribution in [1.82, 2.24) is 19.8 Å². The lowest BCUT2D eigenvalue weighted by Gasteiger charge is -2.19. The first-order chi connectivity index (χ1) is 16.5. The lowest BCUT2D eigenvalue weighted by molar-refractivity contribution is 0.304. The minimum Gasteiger partial charge on any atom is -0.338 e. The van der Waals surface area contributed by atoms with Crippen LogP contribution < -0.4 is 4.72 Å². The van der Waals surface area contributed by atoms with E-state index in [1.165, 1.54) is 5.56 Å². The fraction of sp³-hybridized carbons (Fsp3) is 0.462. The molecule has 0 aliphatic carbocycles. The second kappa shape index (κ2) is 13.4. The average molecular weight is 485 g/mol. The van der Waals surface area contributed by atoms with E-state index in [-0.39, 0.29) is 5.75 Å². The first-order valence-corrected chi connectivity index (χ1v) is 13.8. The third-order valence-electron chi connectivity index (χ3n) is 5.93. The molecule has 8 heteroatoms. The molecule has 1 heterocycles. The molecule has 1 N–H and O–H groups in total. The quantitative estimate of drug-likeness (QED) is 0.348. The van der Waals surface area contributed by atoms with Crippen LogP contribution in [0.3, 0.4) is 0 Å². The molecule has 1 atom stereocenters. The Bertz CT molecular complexity index is 1070. The number of aromatic nitrogens is 2. The van der Waals surface area contributed by atoms with Gasteiger partial charge in [-0.15, -0.1) is 0 Å². The SMILES string of the molecule is CCN(CC)CCCS(=O)(=O)N[C@H](CCc1ccccc1)c1nc(CCc2ccccc2)no1. The monoisotopic (exact) mass is 484 g/mol. The van der Waals surface area contributed by atoms with E-state index >= 15 is 0 Å². The van der Waals surface area contributed by atoms with Crippen molar-refractivity contribution >= 4 is 10.0 Å². The Balaban J connectivity index is 1.66. The first kappa shape index (κ1) is 26.1. The molecule has 0 spiro atoms. The number of aryl methyl sites for hydroxylation is 3. The largest absolute Gasteiger partial charge is 0.338 e. The Morgan fingerprint density at radius 1 is 0.912 bits per heavy atom. The Kier molecular flexibility index (Phi) is 10.2. The van der Waals surface area contributed by atoms with E-state index in [1.54, 1.807) is 0 Å². The Hall–Kier alpha value is -2.55. The molecule has 0 amide bonds. The highest BCUT2D eigenvalue weighted by molar-refractivity contribution is 7.89. The van der Waals surface area contributed by atoms with E-state index in [1.807, 2.05) is 48.5 Å². The highest BCUT2D eigenvalue weighted by Crippen LogP contribution is 2.20. The maximum absolute atomic E-state index is 12.9. The van der Waals surface area contributed by atoms with E-state index in [2.05, 4.69) is 45.7 Å². The van der Waals surface area contributed by atoms with Crippen molar-refractivity contribution in [2.45, 2.75) is 52.0 Å². The lowest BCUT2D eigenvalue weighted by Crippen LogP contribution is -2.33. The van der Waals surface area contributed by atoms with Gasteiger partial charge >= 0.3 is 0 Å². The normalized spacial score (nSPS) is 12.8. The molecule has 3 rings (SSSR count). The van der Waals surface area contributed by atoms with Gasteiger partial charge in [-0.1, -0.05) is 79.7 Å². The van der Waals surface area contributed by atoms with Gasteiger partial charge in [-0.2, -0.15) is 4.98 Å². The summed E-state index contributed by atoms with van der Waals surface area (Å²) in [5.74, 6) is 0.982. The second-order valence-electron chi connectivity index (χ2n) is 8.43. The van der Waals surface area contributed by atoms with E-state index in [9.17, 15) is 8.42 Å². The third kappa shape index (κ3) is 8.66. The number of sulfonamides is 1. The molecule has 184 valence electrons. The predicted octanol–water partition coefficient (Wildman–Crippen LogP) is 4.18. The molecule has 2 aromatic carbocycles. The van der Waals surface area contributed by atoms with Crippen molar-refractivity contribution < 1.29 is 12.9 Å². The van der Waals surface area contributed by atoms with Crippen LogP contribution in [0.2, 0.25) is 0 Å². The fourth-order valence-corrected chi connectivity index (χ4v) is 5.17. The molecule has 0 aliphatic heterocycles. The third-order valence-corrected chi connectivity index (χ3v) is 7.40. The van der Waals surface area contributed by atoms with Gasteiger partial charge in [-0.05, 0) is 56.4 Å². The van der Waals surface area contributed by atoms with Crippen LogP contribution in [0.4, 0.5) is 0 Å². The van der Waals surface area contributed by atoms with Crippen molar-refractivity contribution in [1.29, 1.82) is 0 Å². The van der Waals surface area contributed by atoms with Crippen LogP contribution in [-0.2, 0) is 29.3 Å². The smallest absolute Gasteiger partial charge is 0.244 e. The molecule has 0 saturated heterocycles. The molecular weight excluding hydrogens is 448 g/mol. The predicted molar refractivity (Wildman–Crippen MR) is 135 cm³/mol. The number of benzene rings is 2. The Morgan fingerprint density at radius 2 is 1.53 bits per heavy atom. The van der Waals surface area contributed by atoms with Gasteiger partial charge in [0.1, 0.15) is 6.04 Å². The van der Waals surface area contributed by atoms with Crippen LogP contribution in [0, 0.1) is 0 Å². The summed E-state index contributed by atoms with van der Waals surface area (Å²) in [7, 11) is -3.50. The standard InChI is InChI=1S/C26H36N4O3S/c1-3-30(4-2)20-11-21-34(31,32)29-24(18-16-22-12-7-5-8-13-22)26-27-25(28-33-26)19-17-23-14-9-6-10-15-23/h5-10,12-15,24,29H,3-4,11,16-21H2,1-2H3/t24-/m1/s1. The summed E-state index contributed by atoms with van der Waals surface area (Å²) >= 11 is 0. The van der Waals surface area contributed by atoms with Gasteiger partial charge in [0.25, 0.3) is 0 Å². The fourth-order valence-electron chi connectivity index (χ4n) is 3.89. The molecule has 0 fully saturated rings. The van der Waals surface area contributed by atoms with Gasteiger partial charge in [0.2, 0.25) is 15.9 Å². The second-order valence-corrected chi connectivity index (χ2v) is 10.3. The van der Waals surface area contributed by atoms with Crippen molar-refractivity contribution in [2.75, 3.05) is 25.4 Å². The number of rotatable bonds is 15. The van der Waals surface area contributed by atoms with E-state index < -0.39 is 16.1 Å². The molecular formula is C26H36N4O3S. The Morgan fingerprint density at radius 3 is 2.15 bits per heavy atom. The van der Waals surface area contributed by atoms with Crippen LogP contribution in [-0.4, -0.2) is 48.8 Å².